The molecular weight excluding hydrogens is 400 g/mol. The van der Waals surface area contributed by atoms with Crippen molar-refractivity contribution < 1.29 is 19.4 Å². The van der Waals surface area contributed by atoms with E-state index in [0.717, 1.165) is 64.2 Å². The molecule has 0 aromatic rings. The topological polar surface area (TPSA) is 63.6 Å². The highest BCUT2D eigenvalue weighted by molar-refractivity contribution is 5.69. The fourth-order valence-corrected chi connectivity index (χ4v) is 4.24. The van der Waals surface area contributed by atoms with Crippen LogP contribution in [0.15, 0.2) is 0 Å². The number of ether oxygens (including phenoxy) is 1. The molecule has 4 nitrogen and oxygen atoms in total. The van der Waals surface area contributed by atoms with Crippen LogP contribution in [0.2, 0.25) is 0 Å². The molecule has 0 aromatic heterocycles. The van der Waals surface area contributed by atoms with E-state index in [1.807, 2.05) is 0 Å². The summed E-state index contributed by atoms with van der Waals surface area (Å²) in [6.07, 6.45) is 25.5. The van der Waals surface area contributed by atoms with Gasteiger partial charge in [0.05, 0.1) is 0 Å². The Hall–Kier alpha value is -1.06. The van der Waals surface area contributed by atoms with Gasteiger partial charge in [0.1, 0.15) is 6.10 Å². The summed E-state index contributed by atoms with van der Waals surface area (Å²) in [5.41, 5.74) is 0. The van der Waals surface area contributed by atoms with E-state index in [2.05, 4.69) is 13.8 Å². The Labute approximate surface area is 199 Å². The molecule has 0 spiro atoms. The third-order valence-corrected chi connectivity index (χ3v) is 6.33. The Bertz CT molecular complexity index is 422. The average Bonchev–Trinajstić information content (AvgIpc) is 2.76. The predicted molar refractivity (Wildman–Crippen MR) is 135 cm³/mol. The molecule has 0 aromatic carbocycles. The van der Waals surface area contributed by atoms with Crippen LogP contribution in [0, 0.1) is 0 Å². The molecule has 0 aliphatic carbocycles. The number of esters is 1. The number of aliphatic carboxylic acids is 1. The zero-order valence-electron chi connectivity index (χ0n) is 21.5. The Morgan fingerprint density at radius 1 is 0.562 bits per heavy atom. The summed E-state index contributed by atoms with van der Waals surface area (Å²) in [6, 6.07) is 0. The van der Waals surface area contributed by atoms with E-state index in [1.54, 1.807) is 0 Å². The number of hydrogen-bond donors (Lipinski definition) is 1. The minimum Gasteiger partial charge on any atom is -0.481 e. The van der Waals surface area contributed by atoms with Crippen LogP contribution in [-0.4, -0.2) is 23.1 Å². The van der Waals surface area contributed by atoms with E-state index in [1.165, 1.54) is 70.6 Å². The van der Waals surface area contributed by atoms with Gasteiger partial charge >= 0.3 is 11.9 Å². The van der Waals surface area contributed by atoms with Crippen molar-refractivity contribution in [2.24, 2.45) is 0 Å². The number of unbranched alkanes of at least 4 members (excludes halogenated alkanes) is 16. The van der Waals surface area contributed by atoms with Gasteiger partial charge in [-0.15, -0.1) is 0 Å². The van der Waals surface area contributed by atoms with Gasteiger partial charge in [-0.3, -0.25) is 9.59 Å². The van der Waals surface area contributed by atoms with E-state index >= 15 is 0 Å². The van der Waals surface area contributed by atoms with Crippen molar-refractivity contribution in [2.75, 3.05) is 0 Å². The quantitative estimate of drug-likeness (QED) is 0.110. The monoisotopic (exact) mass is 454 g/mol. The molecule has 1 unspecified atom stereocenters. The predicted octanol–water partition coefficient (Wildman–Crippen LogP) is 8.99. The van der Waals surface area contributed by atoms with E-state index in [4.69, 9.17) is 9.84 Å². The first-order valence-electron chi connectivity index (χ1n) is 14.0. The highest BCUT2D eigenvalue weighted by Crippen LogP contribution is 2.17. The maximum Gasteiger partial charge on any atom is 0.306 e. The van der Waals surface area contributed by atoms with Gasteiger partial charge in [-0.25, -0.2) is 0 Å². The normalized spacial score (nSPS) is 12.1. The van der Waals surface area contributed by atoms with Crippen LogP contribution in [-0.2, 0) is 14.3 Å². The zero-order valence-corrected chi connectivity index (χ0v) is 21.5. The van der Waals surface area contributed by atoms with E-state index in [-0.39, 0.29) is 18.5 Å². The fraction of sp³-hybridized carbons (Fsp3) is 0.929. The third kappa shape index (κ3) is 23.6. The number of carbonyl (C=O) groups is 2. The SMILES string of the molecule is CCCCCCCCCCCCCC(=O)OC(CCCCC)CCCCCCCC(=O)O. The standard InChI is InChI=1S/C28H54O4/c1-3-5-7-8-9-10-11-12-13-17-21-25-28(31)32-26(22-18-6-4-2)23-19-15-14-16-20-24-27(29)30/h26H,3-25H2,1-2H3,(H,29,30). The minimum atomic E-state index is -0.703. The van der Waals surface area contributed by atoms with Crippen molar-refractivity contribution >= 4 is 11.9 Å². The highest BCUT2D eigenvalue weighted by atomic mass is 16.5. The van der Waals surface area contributed by atoms with Gasteiger partial charge in [0.2, 0.25) is 0 Å². The Balaban J connectivity index is 3.79. The number of hydrogen-bond acceptors (Lipinski definition) is 3. The van der Waals surface area contributed by atoms with Gasteiger partial charge in [-0.2, -0.15) is 0 Å². The fourth-order valence-electron chi connectivity index (χ4n) is 4.24. The lowest BCUT2D eigenvalue weighted by molar-refractivity contribution is -0.150. The lowest BCUT2D eigenvalue weighted by Crippen LogP contribution is -2.18. The molecule has 0 saturated carbocycles. The van der Waals surface area contributed by atoms with Crippen LogP contribution >= 0.6 is 0 Å². The van der Waals surface area contributed by atoms with Gasteiger partial charge in [0.15, 0.2) is 0 Å². The summed E-state index contributed by atoms with van der Waals surface area (Å²) in [6.45, 7) is 4.46. The van der Waals surface area contributed by atoms with Crippen LogP contribution in [0.1, 0.15) is 162 Å². The summed E-state index contributed by atoms with van der Waals surface area (Å²) >= 11 is 0. The van der Waals surface area contributed by atoms with Gasteiger partial charge in [0.25, 0.3) is 0 Å². The van der Waals surface area contributed by atoms with E-state index in [9.17, 15) is 9.59 Å². The largest absolute Gasteiger partial charge is 0.481 e. The number of carboxylic acid groups (broad SMARTS) is 1. The zero-order chi connectivity index (χ0) is 23.7. The van der Waals surface area contributed by atoms with Crippen LogP contribution in [0.5, 0.6) is 0 Å². The molecule has 0 bridgehead atoms. The summed E-state index contributed by atoms with van der Waals surface area (Å²) in [7, 11) is 0. The highest BCUT2D eigenvalue weighted by Gasteiger charge is 2.14. The van der Waals surface area contributed by atoms with Crippen LogP contribution < -0.4 is 0 Å². The second-order valence-corrected chi connectivity index (χ2v) is 9.59. The Morgan fingerprint density at radius 3 is 1.44 bits per heavy atom. The third-order valence-electron chi connectivity index (χ3n) is 6.33. The summed E-state index contributed by atoms with van der Waals surface area (Å²) < 4.78 is 5.83. The van der Waals surface area contributed by atoms with Crippen molar-refractivity contribution in [2.45, 2.75) is 168 Å². The Kier molecular flexibility index (Phi) is 23.8. The molecule has 1 atom stereocenters. The molecule has 0 heterocycles. The van der Waals surface area contributed by atoms with Crippen molar-refractivity contribution in [1.82, 2.24) is 0 Å². The first-order chi connectivity index (χ1) is 15.6. The minimum absolute atomic E-state index is 0.0103. The number of carboxylic acids is 1. The lowest BCUT2D eigenvalue weighted by Gasteiger charge is -2.18. The summed E-state index contributed by atoms with van der Waals surface area (Å²) in [4.78, 5) is 22.9. The molecule has 0 aliphatic rings. The van der Waals surface area contributed by atoms with E-state index in [0.29, 0.717) is 6.42 Å². The maximum absolute atomic E-state index is 12.3. The maximum atomic E-state index is 12.3. The molecule has 32 heavy (non-hydrogen) atoms. The molecular formula is C28H54O4. The van der Waals surface area contributed by atoms with Crippen molar-refractivity contribution in [3.8, 4) is 0 Å². The second-order valence-electron chi connectivity index (χ2n) is 9.59. The first kappa shape index (κ1) is 30.9. The van der Waals surface area contributed by atoms with Crippen LogP contribution in [0.3, 0.4) is 0 Å². The average molecular weight is 455 g/mol. The molecule has 1 N–H and O–H groups in total. The summed E-state index contributed by atoms with van der Waals surface area (Å²) in [5.74, 6) is -0.713. The number of carbonyl (C=O) groups excluding carboxylic acids is 1. The van der Waals surface area contributed by atoms with Gasteiger partial charge in [-0.05, 0) is 38.5 Å². The molecule has 0 saturated heterocycles. The van der Waals surface area contributed by atoms with Crippen molar-refractivity contribution in [1.29, 1.82) is 0 Å². The van der Waals surface area contributed by atoms with Crippen LogP contribution in [0.4, 0.5) is 0 Å². The molecule has 0 rings (SSSR count). The van der Waals surface area contributed by atoms with Crippen molar-refractivity contribution in [3.63, 3.8) is 0 Å². The smallest absolute Gasteiger partial charge is 0.306 e. The molecule has 190 valence electrons. The van der Waals surface area contributed by atoms with Gasteiger partial charge in [-0.1, -0.05) is 110 Å². The molecule has 0 aliphatic heterocycles. The molecule has 4 heteroatoms. The van der Waals surface area contributed by atoms with Gasteiger partial charge < -0.3 is 9.84 Å². The molecule has 0 amide bonds. The second kappa shape index (κ2) is 24.6. The molecule has 0 radical (unpaired) electrons. The van der Waals surface area contributed by atoms with Crippen LogP contribution in [0.25, 0.3) is 0 Å². The van der Waals surface area contributed by atoms with E-state index < -0.39 is 5.97 Å². The Morgan fingerprint density at radius 2 is 0.938 bits per heavy atom. The summed E-state index contributed by atoms with van der Waals surface area (Å²) in [5, 5.41) is 8.69. The van der Waals surface area contributed by atoms with Crippen molar-refractivity contribution in [3.05, 3.63) is 0 Å². The first-order valence-corrected chi connectivity index (χ1v) is 14.0. The number of rotatable bonds is 25. The molecule has 0 fully saturated rings. The van der Waals surface area contributed by atoms with Gasteiger partial charge in [0, 0.05) is 12.8 Å². The lowest BCUT2D eigenvalue weighted by atomic mass is 10.0.